The summed E-state index contributed by atoms with van der Waals surface area (Å²) in [5.74, 6) is -4.80. The average Bonchev–Trinajstić information content (AvgIpc) is 3.13. The third kappa shape index (κ3) is 17.4. The van der Waals surface area contributed by atoms with Crippen molar-refractivity contribution >= 4 is 59.1 Å². The van der Waals surface area contributed by atoms with E-state index in [9.17, 15) is 53.7 Å². The van der Waals surface area contributed by atoms with Gasteiger partial charge in [0.25, 0.3) is 0 Å². The zero-order chi connectivity index (χ0) is 41.0. The van der Waals surface area contributed by atoms with Crippen LogP contribution in [0.3, 0.4) is 0 Å². The molecule has 0 bridgehead atoms. The Morgan fingerprint density at radius 1 is 0.796 bits per heavy atom. The van der Waals surface area contributed by atoms with Gasteiger partial charge in [0.1, 0.15) is 49.1 Å². The lowest BCUT2D eigenvalue weighted by molar-refractivity contribution is -0.281. The van der Waals surface area contributed by atoms with Crippen molar-refractivity contribution in [3.05, 3.63) is 0 Å². The van der Waals surface area contributed by atoms with E-state index in [0.29, 0.717) is 0 Å². The van der Waals surface area contributed by atoms with Gasteiger partial charge in [-0.05, 0) is 6.92 Å². The molecule has 0 radical (unpaired) electrons. The van der Waals surface area contributed by atoms with E-state index in [4.69, 9.17) is 18.9 Å². The molecule has 1 rings (SSSR count). The van der Waals surface area contributed by atoms with Crippen molar-refractivity contribution in [3.63, 3.8) is 0 Å². The van der Waals surface area contributed by atoms with Crippen LogP contribution in [-0.4, -0.2) is 156 Å². The topological polar surface area (TPSA) is 306 Å². The number of hydrogen-bond donors (Lipinski definition) is 9. The molecular weight excluding hydrogens is 740 g/mol. The number of thioether (sulfide) groups is 1. The van der Waals surface area contributed by atoms with Crippen molar-refractivity contribution in [1.82, 2.24) is 31.9 Å². The van der Waals surface area contributed by atoms with Gasteiger partial charge in [0.2, 0.25) is 35.4 Å². The summed E-state index contributed by atoms with van der Waals surface area (Å²) in [6, 6.07) is -3.81. The van der Waals surface area contributed by atoms with Gasteiger partial charge < -0.3 is 66.2 Å². The number of carbonyl (C=O) groups is 8. The summed E-state index contributed by atoms with van der Waals surface area (Å²) in [4.78, 5) is 97.8. The molecule has 0 saturated carbocycles. The van der Waals surface area contributed by atoms with Crippen molar-refractivity contribution in [2.24, 2.45) is 0 Å². The highest BCUT2D eigenvalue weighted by atomic mass is 32.2. The van der Waals surface area contributed by atoms with Crippen LogP contribution in [0.25, 0.3) is 0 Å². The Morgan fingerprint density at radius 3 is 2.04 bits per heavy atom. The number of nitrogens with one attached hydrogen (secondary N) is 6. The minimum absolute atomic E-state index is 0.0135. The molecular formula is C32H54N6O15S. The maximum Gasteiger partial charge on any atom is 0.305 e. The maximum atomic E-state index is 13.1. The van der Waals surface area contributed by atoms with Crippen LogP contribution in [0.5, 0.6) is 0 Å². The van der Waals surface area contributed by atoms with Crippen LogP contribution < -0.4 is 31.9 Å². The quantitative estimate of drug-likeness (QED) is 0.0352. The van der Waals surface area contributed by atoms with Gasteiger partial charge in [0, 0.05) is 44.6 Å². The zero-order valence-corrected chi connectivity index (χ0v) is 32.0. The molecule has 1 aliphatic heterocycles. The van der Waals surface area contributed by atoms with Gasteiger partial charge in [0.15, 0.2) is 6.29 Å². The summed E-state index contributed by atoms with van der Waals surface area (Å²) in [7, 11) is 0. The number of aliphatic hydroxyl groups excluding tert-OH is 3. The Morgan fingerprint density at radius 2 is 1.46 bits per heavy atom. The van der Waals surface area contributed by atoms with E-state index >= 15 is 0 Å². The molecule has 1 aliphatic rings. The summed E-state index contributed by atoms with van der Waals surface area (Å²) in [5, 5.41) is 44.8. The molecule has 4 unspecified atom stereocenters. The van der Waals surface area contributed by atoms with E-state index < -0.39 is 122 Å². The first-order valence-corrected chi connectivity index (χ1v) is 18.5. The van der Waals surface area contributed by atoms with Crippen molar-refractivity contribution < 1.29 is 72.6 Å². The van der Waals surface area contributed by atoms with Crippen LogP contribution in [0.15, 0.2) is 0 Å². The fraction of sp³-hybridized carbons (Fsp3) is 0.750. The third-order valence-corrected chi connectivity index (χ3v) is 8.72. The molecule has 0 aromatic rings. The Bertz CT molecular complexity index is 1290. The number of hydrogen-bond acceptors (Lipinski definition) is 16. The van der Waals surface area contributed by atoms with E-state index in [1.807, 2.05) is 0 Å². The molecule has 22 heteroatoms. The molecule has 6 amide bonds. The van der Waals surface area contributed by atoms with Gasteiger partial charge in [-0.3, -0.25) is 38.4 Å². The number of aliphatic hydroxyl groups is 3. The van der Waals surface area contributed by atoms with Crippen molar-refractivity contribution in [2.75, 3.05) is 37.9 Å². The molecule has 0 aromatic carbocycles. The molecule has 9 N–H and O–H groups in total. The van der Waals surface area contributed by atoms with Crippen LogP contribution in [0, 0.1) is 0 Å². The molecule has 9 atom stereocenters. The van der Waals surface area contributed by atoms with Crippen LogP contribution in [0.4, 0.5) is 0 Å². The first-order valence-electron chi connectivity index (χ1n) is 17.3. The van der Waals surface area contributed by atoms with E-state index in [1.165, 1.54) is 6.92 Å². The van der Waals surface area contributed by atoms with Crippen molar-refractivity contribution in [1.29, 1.82) is 0 Å². The second-order valence-corrected chi connectivity index (χ2v) is 13.1. The fourth-order valence-electron chi connectivity index (χ4n) is 4.65. The number of esters is 2. The van der Waals surface area contributed by atoms with Gasteiger partial charge in [-0.2, -0.15) is 11.8 Å². The van der Waals surface area contributed by atoms with E-state index in [0.717, 1.165) is 25.6 Å². The highest BCUT2D eigenvalue weighted by molar-refractivity contribution is 7.99. The first kappa shape index (κ1) is 47.9. The van der Waals surface area contributed by atoms with Crippen LogP contribution in [0.1, 0.15) is 60.8 Å². The Balaban J connectivity index is 2.80. The minimum atomic E-state index is -1.62. The molecule has 1 fully saturated rings. The normalized spacial score (nSPS) is 21.5. The van der Waals surface area contributed by atoms with Gasteiger partial charge in [-0.1, -0.05) is 20.8 Å². The maximum absolute atomic E-state index is 13.1. The van der Waals surface area contributed by atoms with Gasteiger partial charge >= 0.3 is 11.9 Å². The summed E-state index contributed by atoms with van der Waals surface area (Å²) in [6.07, 6.45) is -7.67. The van der Waals surface area contributed by atoms with E-state index in [1.54, 1.807) is 20.8 Å². The first-order chi connectivity index (χ1) is 25.5. The number of rotatable bonds is 23. The Kier molecular flexibility index (Phi) is 22.3. The number of amides is 6. The van der Waals surface area contributed by atoms with Gasteiger partial charge in [-0.25, -0.2) is 0 Å². The summed E-state index contributed by atoms with van der Waals surface area (Å²) >= 11 is 1.14. The highest BCUT2D eigenvalue weighted by Gasteiger charge is 2.46. The molecule has 0 aliphatic carbocycles. The zero-order valence-electron chi connectivity index (χ0n) is 31.2. The number of carbonyl (C=O) groups excluding carboxylic acids is 8. The monoisotopic (exact) mass is 794 g/mol. The van der Waals surface area contributed by atoms with Gasteiger partial charge in [-0.15, -0.1) is 0 Å². The average molecular weight is 795 g/mol. The lowest BCUT2D eigenvalue weighted by Crippen LogP contribution is -2.66. The third-order valence-electron chi connectivity index (χ3n) is 7.55. The van der Waals surface area contributed by atoms with E-state index in [-0.39, 0.29) is 37.4 Å². The smallest absolute Gasteiger partial charge is 0.305 e. The van der Waals surface area contributed by atoms with Crippen LogP contribution in [0.2, 0.25) is 0 Å². The summed E-state index contributed by atoms with van der Waals surface area (Å²) in [6.45, 7) is 6.53. The molecule has 1 heterocycles. The largest absolute Gasteiger partial charge is 0.462 e. The summed E-state index contributed by atoms with van der Waals surface area (Å²) < 4.78 is 21.7. The van der Waals surface area contributed by atoms with Gasteiger partial charge in [0.05, 0.1) is 25.9 Å². The molecule has 0 spiro atoms. The predicted molar refractivity (Wildman–Crippen MR) is 189 cm³/mol. The second-order valence-electron chi connectivity index (χ2n) is 12.0. The van der Waals surface area contributed by atoms with Crippen molar-refractivity contribution in [3.8, 4) is 0 Å². The molecule has 0 aromatic heterocycles. The Hall–Kier alpha value is -4.09. The second kappa shape index (κ2) is 25.1. The molecule has 21 nitrogen and oxygen atoms in total. The lowest BCUT2D eigenvalue weighted by Gasteiger charge is -2.43. The van der Waals surface area contributed by atoms with Crippen LogP contribution in [-0.2, 0) is 57.3 Å². The minimum Gasteiger partial charge on any atom is -0.462 e. The molecule has 1 saturated heterocycles. The summed E-state index contributed by atoms with van der Waals surface area (Å²) in [5.41, 5.74) is 0. The Labute approximate surface area is 317 Å². The van der Waals surface area contributed by atoms with Crippen LogP contribution >= 0.6 is 11.8 Å². The molecule has 308 valence electrons. The highest BCUT2D eigenvalue weighted by Crippen LogP contribution is 2.24. The molecule has 54 heavy (non-hydrogen) atoms. The fourth-order valence-corrected chi connectivity index (χ4v) is 5.69. The predicted octanol–water partition coefficient (Wildman–Crippen LogP) is -3.95. The van der Waals surface area contributed by atoms with Crippen molar-refractivity contribution in [2.45, 2.75) is 116 Å². The standard InChI is InChI=1S/C32H54N6O15S/c1-7-22(42)38-20(14-54-13-19(52-25(45)9-3)12-50-24(44)8-2)30(48)33-10-23(43)34-15-35-31(49)26(36-17(5)40)16(4)51-32-27(37-18(6)41)29(47)28(46)21(11-39)53-32/h16,19-21,26-29,32,39,46-47H,7-15H2,1-6H3,(H,33,48)(H,34,43)(H,35,49)(H,36,40)(H,37,41)(H,38,42)/t16-,19?,20+,21?,26-,27?,28-,29?,32-/m1/s1. The lowest BCUT2D eigenvalue weighted by atomic mass is 9.96. The SMILES string of the molecule is CCC(=O)N[C@@H](CSCC(COC(=O)CC)OC(=O)CC)C(=O)NCC(=O)NCNC(=O)[C@H](NC(C)=O)[C@@H](C)O[C@@H]1OC(CO)[C@@H](O)C(O)C1NC(C)=O. The number of ether oxygens (including phenoxy) is 4. The van der Waals surface area contributed by atoms with E-state index in [2.05, 4.69) is 31.9 Å².